The molecule has 0 aliphatic carbocycles. The van der Waals surface area contributed by atoms with Gasteiger partial charge in [-0.05, 0) is 12.1 Å². The number of benzene rings is 1. The molecule has 0 aromatic heterocycles. The van der Waals surface area contributed by atoms with Crippen molar-refractivity contribution in [1.82, 2.24) is 5.32 Å². The number of aliphatic hydroxyl groups is 1. The lowest BCUT2D eigenvalue weighted by molar-refractivity contribution is -0.121. The molecule has 5 heteroatoms. The lowest BCUT2D eigenvalue weighted by Gasteiger charge is -2.20. The van der Waals surface area contributed by atoms with E-state index in [1.165, 1.54) is 0 Å². The number of carbonyl (C=O) groups is 1. The van der Waals surface area contributed by atoms with Gasteiger partial charge in [0.05, 0.1) is 6.61 Å². The Hall–Kier alpha value is -1.04. The normalized spacial score (nSPS) is 22.4. The van der Waals surface area contributed by atoms with Crippen LogP contribution < -0.4 is 5.32 Å². The Labute approximate surface area is 117 Å². The molecule has 2 N–H and O–H groups in total. The summed E-state index contributed by atoms with van der Waals surface area (Å²) in [5, 5.41) is 12.8. The Morgan fingerprint density at radius 2 is 2.21 bits per heavy atom. The molecule has 1 aliphatic rings. The molecule has 1 unspecified atom stereocenters. The second-order valence-corrected chi connectivity index (χ2v) is 5.88. The summed E-state index contributed by atoms with van der Waals surface area (Å²) < 4.78 is 5.13. The summed E-state index contributed by atoms with van der Waals surface area (Å²) in [7, 11) is 0. The number of hydrogen-bond donors (Lipinski definition) is 2. The van der Waals surface area contributed by atoms with Crippen molar-refractivity contribution in [3.8, 4) is 0 Å². The lowest BCUT2D eigenvalue weighted by atomic mass is 10.0. The van der Waals surface area contributed by atoms with Gasteiger partial charge in [0.15, 0.2) is 0 Å². The summed E-state index contributed by atoms with van der Waals surface area (Å²) in [6.07, 6.45) is 1.04. The molecule has 0 saturated carbocycles. The first-order chi connectivity index (χ1) is 9.18. The average molecular weight is 281 g/mol. The molecular weight excluding hydrogens is 262 g/mol. The van der Waals surface area contributed by atoms with Crippen molar-refractivity contribution >= 4 is 17.7 Å². The second kappa shape index (κ2) is 6.93. The molecule has 1 aromatic carbocycles. The van der Waals surface area contributed by atoms with Crippen LogP contribution in [-0.2, 0) is 9.53 Å². The topological polar surface area (TPSA) is 58.6 Å². The van der Waals surface area contributed by atoms with E-state index in [1.54, 1.807) is 11.8 Å². The highest BCUT2D eigenvalue weighted by Crippen LogP contribution is 2.18. The molecule has 2 rings (SSSR count). The highest BCUT2D eigenvalue weighted by atomic mass is 32.2. The first-order valence-corrected chi connectivity index (χ1v) is 7.41. The molecule has 1 atom stereocenters. The van der Waals surface area contributed by atoms with E-state index < -0.39 is 5.60 Å². The third-order valence-corrected chi connectivity index (χ3v) is 4.05. The van der Waals surface area contributed by atoms with Gasteiger partial charge >= 0.3 is 0 Å². The minimum atomic E-state index is -0.873. The molecule has 1 amide bonds. The number of rotatable bonds is 6. The molecule has 4 nitrogen and oxygen atoms in total. The third kappa shape index (κ3) is 4.86. The van der Waals surface area contributed by atoms with Crippen LogP contribution in [-0.4, -0.2) is 42.1 Å². The summed E-state index contributed by atoms with van der Waals surface area (Å²) in [6, 6.07) is 10.00. The van der Waals surface area contributed by atoms with Crippen LogP contribution in [0.25, 0.3) is 0 Å². The van der Waals surface area contributed by atoms with Gasteiger partial charge in [0.1, 0.15) is 5.60 Å². The van der Waals surface area contributed by atoms with Crippen LogP contribution in [0.2, 0.25) is 0 Å². The first kappa shape index (κ1) is 14.4. The predicted molar refractivity (Wildman–Crippen MR) is 75.2 cm³/mol. The Bertz CT molecular complexity index is 404. The van der Waals surface area contributed by atoms with Crippen LogP contribution in [0.5, 0.6) is 0 Å². The van der Waals surface area contributed by atoms with Gasteiger partial charge in [0.25, 0.3) is 0 Å². The van der Waals surface area contributed by atoms with Crippen molar-refractivity contribution in [2.75, 3.05) is 25.5 Å². The number of amides is 1. The molecule has 19 heavy (non-hydrogen) atoms. The first-order valence-electron chi connectivity index (χ1n) is 6.43. The van der Waals surface area contributed by atoms with Crippen molar-refractivity contribution in [1.29, 1.82) is 0 Å². The van der Waals surface area contributed by atoms with E-state index in [4.69, 9.17) is 4.74 Å². The fourth-order valence-electron chi connectivity index (χ4n) is 1.87. The van der Waals surface area contributed by atoms with Gasteiger partial charge in [0.2, 0.25) is 5.91 Å². The zero-order valence-corrected chi connectivity index (χ0v) is 11.6. The Morgan fingerprint density at radius 1 is 1.42 bits per heavy atom. The van der Waals surface area contributed by atoms with Gasteiger partial charge in [0, 0.05) is 36.6 Å². The zero-order valence-electron chi connectivity index (χ0n) is 10.8. The van der Waals surface area contributed by atoms with Crippen molar-refractivity contribution in [2.45, 2.75) is 23.3 Å². The molecule has 0 radical (unpaired) electrons. The quantitative estimate of drug-likeness (QED) is 0.775. The number of nitrogens with one attached hydrogen (secondary N) is 1. The zero-order chi connectivity index (χ0) is 13.6. The molecule has 1 aromatic rings. The summed E-state index contributed by atoms with van der Waals surface area (Å²) in [6.45, 7) is 1.16. The predicted octanol–water partition coefficient (Wildman–Crippen LogP) is 1.44. The van der Waals surface area contributed by atoms with E-state index in [0.717, 1.165) is 10.6 Å². The number of thioether (sulfide) groups is 1. The van der Waals surface area contributed by atoms with Gasteiger partial charge in [-0.2, -0.15) is 0 Å². The van der Waals surface area contributed by atoms with E-state index in [0.29, 0.717) is 26.1 Å². The maximum atomic E-state index is 11.7. The molecule has 1 aliphatic heterocycles. The molecular formula is C14H19NO3S. The fourth-order valence-corrected chi connectivity index (χ4v) is 2.74. The summed E-state index contributed by atoms with van der Waals surface area (Å²) in [5.74, 6) is 0.717. The summed E-state index contributed by atoms with van der Waals surface area (Å²) in [5.41, 5.74) is -0.873. The molecule has 104 valence electrons. The van der Waals surface area contributed by atoms with Gasteiger partial charge in [-0.1, -0.05) is 18.2 Å². The maximum absolute atomic E-state index is 11.7. The van der Waals surface area contributed by atoms with Crippen LogP contribution in [0.3, 0.4) is 0 Å². The van der Waals surface area contributed by atoms with E-state index in [2.05, 4.69) is 5.32 Å². The SMILES string of the molecule is O=C(CCSc1ccccc1)NCC1(O)CCOC1. The van der Waals surface area contributed by atoms with Crippen LogP contribution in [0.4, 0.5) is 0 Å². The molecule has 0 spiro atoms. The van der Waals surface area contributed by atoms with Crippen molar-refractivity contribution in [2.24, 2.45) is 0 Å². The smallest absolute Gasteiger partial charge is 0.220 e. The number of hydrogen-bond acceptors (Lipinski definition) is 4. The van der Waals surface area contributed by atoms with Gasteiger partial charge < -0.3 is 15.2 Å². The molecule has 1 fully saturated rings. The van der Waals surface area contributed by atoms with Crippen molar-refractivity contribution in [3.05, 3.63) is 30.3 Å². The van der Waals surface area contributed by atoms with Crippen LogP contribution >= 0.6 is 11.8 Å². The maximum Gasteiger partial charge on any atom is 0.220 e. The lowest BCUT2D eigenvalue weighted by Crippen LogP contribution is -2.43. The number of carbonyl (C=O) groups excluding carboxylic acids is 1. The van der Waals surface area contributed by atoms with E-state index in [-0.39, 0.29) is 12.5 Å². The van der Waals surface area contributed by atoms with E-state index >= 15 is 0 Å². The second-order valence-electron chi connectivity index (χ2n) is 4.72. The van der Waals surface area contributed by atoms with Crippen molar-refractivity contribution in [3.63, 3.8) is 0 Å². The number of ether oxygens (including phenoxy) is 1. The fraction of sp³-hybridized carbons (Fsp3) is 0.500. The van der Waals surface area contributed by atoms with Gasteiger partial charge in [-0.3, -0.25) is 4.79 Å². The van der Waals surface area contributed by atoms with Crippen LogP contribution in [0.1, 0.15) is 12.8 Å². The standard InChI is InChI=1S/C14H19NO3S/c16-13(15-10-14(17)7-8-18-11-14)6-9-19-12-4-2-1-3-5-12/h1-5,17H,6-11H2,(H,15,16). The van der Waals surface area contributed by atoms with Gasteiger partial charge in [-0.25, -0.2) is 0 Å². The largest absolute Gasteiger partial charge is 0.386 e. The molecule has 1 heterocycles. The summed E-state index contributed by atoms with van der Waals surface area (Å²) >= 11 is 1.66. The van der Waals surface area contributed by atoms with Gasteiger partial charge in [-0.15, -0.1) is 11.8 Å². The monoisotopic (exact) mass is 281 g/mol. The molecule has 0 bridgehead atoms. The summed E-state index contributed by atoms with van der Waals surface area (Å²) in [4.78, 5) is 12.8. The van der Waals surface area contributed by atoms with E-state index in [9.17, 15) is 9.90 Å². The Balaban J connectivity index is 1.62. The average Bonchev–Trinajstić information content (AvgIpc) is 2.85. The van der Waals surface area contributed by atoms with Crippen molar-refractivity contribution < 1.29 is 14.6 Å². The Kier molecular flexibility index (Phi) is 5.24. The highest BCUT2D eigenvalue weighted by molar-refractivity contribution is 7.99. The molecule has 1 saturated heterocycles. The Morgan fingerprint density at radius 3 is 2.89 bits per heavy atom. The highest BCUT2D eigenvalue weighted by Gasteiger charge is 2.32. The van der Waals surface area contributed by atoms with E-state index in [1.807, 2.05) is 30.3 Å². The minimum Gasteiger partial charge on any atom is -0.386 e. The minimum absolute atomic E-state index is 0.0243. The van der Waals surface area contributed by atoms with Crippen LogP contribution in [0, 0.1) is 0 Å². The van der Waals surface area contributed by atoms with Crippen LogP contribution in [0.15, 0.2) is 35.2 Å². The third-order valence-electron chi connectivity index (χ3n) is 3.04.